The number of halogens is 1. The summed E-state index contributed by atoms with van der Waals surface area (Å²) in [4.78, 5) is 13.9. The second-order valence-corrected chi connectivity index (χ2v) is 7.97. The Hall–Kier alpha value is -3.61. The van der Waals surface area contributed by atoms with Crippen molar-refractivity contribution < 1.29 is 8.91 Å². The van der Waals surface area contributed by atoms with Gasteiger partial charge in [0.05, 0.1) is 23.6 Å². The van der Waals surface area contributed by atoms with E-state index in [-0.39, 0.29) is 5.82 Å². The molecule has 6 rings (SSSR count). The average Bonchev–Trinajstić information content (AvgIpc) is 3.43. The third-order valence-electron chi connectivity index (χ3n) is 5.95. The Morgan fingerprint density at radius 1 is 1.13 bits per heavy atom. The molecule has 2 aromatic heterocycles. The summed E-state index contributed by atoms with van der Waals surface area (Å²) in [5, 5.41) is 4.00. The fourth-order valence-electron chi connectivity index (χ4n) is 4.15. The summed E-state index contributed by atoms with van der Waals surface area (Å²) in [5.41, 5.74) is 5.73. The van der Waals surface area contributed by atoms with Crippen molar-refractivity contribution in [1.82, 2.24) is 19.7 Å². The van der Waals surface area contributed by atoms with Gasteiger partial charge in [0.25, 0.3) is 5.89 Å². The lowest BCUT2D eigenvalue weighted by molar-refractivity contribution is 0.422. The number of aliphatic imine (C=N–C) groups is 1. The highest BCUT2D eigenvalue weighted by molar-refractivity contribution is 6.15. The van der Waals surface area contributed by atoms with Crippen molar-refractivity contribution in [3.05, 3.63) is 82.8 Å². The molecule has 31 heavy (non-hydrogen) atoms. The van der Waals surface area contributed by atoms with E-state index in [0.29, 0.717) is 47.6 Å². The second kappa shape index (κ2) is 6.97. The van der Waals surface area contributed by atoms with Crippen molar-refractivity contribution in [1.29, 1.82) is 0 Å². The molecule has 2 aliphatic rings. The van der Waals surface area contributed by atoms with Gasteiger partial charge in [-0.2, -0.15) is 4.98 Å². The Bertz CT molecular complexity index is 1330. The lowest BCUT2D eigenvalue weighted by Crippen LogP contribution is -2.09. The van der Waals surface area contributed by atoms with E-state index < -0.39 is 0 Å². The number of hydrogen-bond acceptors (Lipinski definition) is 5. The van der Waals surface area contributed by atoms with Crippen molar-refractivity contribution in [3.63, 3.8) is 0 Å². The van der Waals surface area contributed by atoms with Crippen LogP contribution in [0.15, 0.2) is 58.3 Å². The molecule has 0 atom stereocenters. The number of imidazole rings is 1. The summed E-state index contributed by atoms with van der Waals surface area (Å²) < 4.78 is 22.2. The zero-order valence-electron chi connectivity index (χ0n) is 17.0. The van der Waals surface area contributed by atoms with Crippen molar-refractivity contribution >= 4 is 5.71 Å². The van der Waals surface area contributed by atoms with Crippen LogP contribution in [0.5, 0.6) is 0 Å². The van der Waals surface area contributed by atoms with Crippen LogP contribution in [-0.2, 0) is 13.0 Å². The Kier molecular flexibility index (Phi) is 4.09. The molecule has 0 spiro atoms. The van der Waals surface area contributed by atoms with Crippen LogP contribution >= 0.6 is 0 Å². The van der Waals surface area contributed by atoms with Crippen LogP contribution in [0.25, 0.3) is 17.3 Å². The standard InChI is InChI=1S/C24H20FN5O/c1-2-21-28-24(31-29-21)23-20-12-26-22(16-5-3-4-6-18(16)25)17-11-15(14-7-8-14)9-10-19(17)30(20)13-27-23/h3-6,9-11,13-14H,2,7-8,12H2,1H3. The first-order valence-corrected chi connectivity index (χ1v) is 10.6. The molecule has 0 bridgehead atoms. The van der Waals surface area contributed by atoms with E-state index in [4.69, 9.17) is 9.52 Å². The number of aryl methyl sites for hydroxylation is 1. The van der Waals surface area contributed by atoms with Crippen molar-refractivity contribution in [2.45, 2.75) is 38.6 Å². The Balaban J connectivity index is 1.56. The molecule has 0 unspecified atom stereocenters. The molecule has 6 nitrogen and oxygen atoms in total. The quantitative estimate of drug-likeness (QED) is 0.479. The van der Waals surface area contributed by atoms with E-state index in [1.807, 2.05) is 17.6 Å². The van der Waals surface area contributed by atoms with Crippen LogP contribution < -0.4 is 0 Å². The zero-order chi connectivity index (χ0) is 20.9. The van der Waals surface area contributed by atoms with Gasteiger partial charge in [-0.25, -0.2) is 9.37 Å². The summed E-state index contributed by atoms with van der Waals surface area (Å²) >= 11 is 0. The Morgan fingerprint density at radius 2 is 2.00 bits per heavy atom. The second-order valence-electron chi connectivity index (χ2n) is 7.97. The third-order valence-corrected chi connectivity index (χ3v) is 5.95. The van der Waals surface area contributed by atoms with Crippen LogP contribution in [0.1, 0.15) is 53.9 Å². The maximum Gasteiger partial charge on any atom is 0.278 e. The van der Waals surface area contributed by atoms with E-state index in [0.717, 1.165) is 16.9 Å². The first kappa shape index (κ1) is 18.2. The number of aromatic nitrogens is 4. The highest BCUT2D eigenvalue weighted by atomic mass is 19.1. The molecule has 4 aromatic rings. The first-order valence-electron chi connectivity index (χ1n) is 10.6. The van der Waals surface area contributed by atoms with Gasteiger partial charge < -0.3 is 4.52 Å². The van der Waals surface area contributed by atoms with E-state index in [1.165, 1.54) is 24.5 Å². The largest absolute Gasteiger partial charge is 0.332 e. The molecule has 0 amide bonds. The minimum absolute atomic E-state index is 0.279. The highest BCUT2D eigenvalue weighted by Gasteiger charge is 2.29. The van der Waals surface area contributed by atoms with Gasteiger partial charge in [0.1, 0.15) is 12.1 Å². The van der Waals surface area contributed by atoms with E-state index in [2.05, 4.69) is 33.3 Å². The van der Waals surface area contributed by atoms with E-state index in [9.17, 15) is 4.39 Å². The molecule has 1 fully saturated rings. The number of hydrogen-bond donors (Lipinski definition) is 0. The van der Waals surface area contributed by atoms with Gasteiger partial charge in [-0.3, -0.25) is 9.56 Å². The molecular weight excluding hydrogens is 393 g/mol. The SMILES string of the molecule is CCc1noc(-c2ncn3c2CN=C(c2ccccc2F)c2cc(C4CC4)ccc2-3)n1. The molecule has 154 valence electrons. The molecule has 1 aliphatic carbocycles. The number of rotatable bonds is 4. The minimum atomic E-state index is -0.279. The number of benzene rings is 2. The van der Waals surface area contributed by atoms with Gasteiger partial charge in [-0.1, -0.05) is 30.3 Å². The monoisotopic (exact) mass is 413 g/mol. The maximum atomic E-state index is 14.8. The maximum absolute atomic E-state index is 14.8. The van der Waals surface area contributed by atoms with Crippen molar-refractivity contribution in [2.24, 2.45) is 4.99 Å². The van der Waals surface area contributed by atoms with Gasteiger partial charge in [-0.15, -0.1) is 0 Å². The van der Waals surface area contributed by atoms with Crippen LogP contribution in [-0.4, -0.2) is 25.4 Å². The summed E-state index contributed by atoms with van der Waals surface area (Å²) in [5.74, 6) is 1.32. The smallest absolute Gasteiger partial charge is 0.278 e. The minimum Gasteiger partial charge on any atom is -0.332 e. The summed E-state index contributed by atoms with van der Waals surface area (Å²) in [7, 11) is 0. The molecule has 0 saturated heterocycles. The average molecular weight is 413 g/mol. The Morgan fingerprint density at radius 3 is 2.77 bits per heavy atom. The van der Waals surface area contributed by atoms with Gasteiger partial charge in [0.2, 0.25) is 0 Å². The molecule has 0 radical (unpaired) electrons. The van der Waals surface area contributed by atoms with E-state index >= 15 is 0 Å². The van der Waals surface area contributed by atoms with Crippen molar-refractivity contribution in [2.75, 3.05) is 0 Å². The summed E-state index contributed by atoms with van der Waals surface area (Å²) in [6, 6.07) is 13.2. The Labute approximate surface area is 178 Å². The molecule has 1 aliphatic heterocycles. The lowest BCUT2D eigenvalue weighted by atomic mass is 9.96. The van der Waals surface area contributed by atoms with Gasteiger partial charge >= 0.3 is 0 Å². The fourth-order valence-corrected chi connectivity index (χ4v) is 4.15. The third kappa shape index (κ3) is 3.00. The molecule has 0 N–H and O–H groups in total. The fraction of sp³-hybridized carbons (Fsp3) is 0.250. The summed E-state index contributed by atoms with van der Waals surface area (Å²) in [6.45, 7) is 2.30. The van der Waals surface area contributed by atoms with Crippen LogP contribution in [0.3, 0.4) is 0 Å². The highest BCUT2D eigenvalue weighted by Crippen LogP contribution is 2.42. The molecule has 7 heteroatoms. The molecule has 2 aromatic carbocycles. The topological polar surface area (TPSA) is 69.1 Å². The summed E-state index contributed by atoms with van der Waals surface area (Å²) in [6.07, 6.45) is 4.84. The lowest BCUT2D eigenvalue weighted by Gasteiger charge is -2.14. The molecular formula is C24H20FN5O. The van der Waals surface area contributed by atoms with Crippen LogP contribution in [0.2, 0.25) is 0 Å². The number of nitrogens with zero attached hydrogens (tertiary/aromatic N) is 5. The molecule has 1 saturated carbocycles. The molecule has 3 heterocycles. The number of fused-ring (bicyclic) bond motifs is 3. The van der Waals surface area contributed by atoms with Crippen LogP contribution in [0, 0.1) is 5.82 Å². The zero-order valence-corrected chi connectivity index (χ0v) is 17.0. The predicted octanol–water partition coefficient (Wildman–Crippen LogP) is 4.85. The predicted molar refractivity (Wildman–Crippen MR) is 114 cm³/mol. The first-order chi connectivity index (χ1) is 15.2. The van der Waals surface area contributed by atoms with Gasteiger partial charge in [-0.05, 0) is 48.6 Å². The van der Waals surface area contributed by atoms with Crippen LogP contribution in [0.4, 0.5) is 4.39 Å². The normalized spacial score (nSPS) is 15.2. The van der Waals surface area contributed by atoms with Crippen molar-refractivity contribution in [3.8, 4) is 17.3 Å². The van der Waals surface area contributed by atoms with E-state index in [1.54, 1.807) is 18.5 Å². The van der Waals surface area contributed by atoms with Gasteiger partial charge in [0, 0.05) is 17.5 Å². The van der Waals surface area contributed by atoms with Gasteiger partial charge in [0.15, 0.2) is 11.5 Å².